The van der Waals surface area contributed by atoms with Crippen LogP contribution in [0.4, 0.5) is 0 Å². The Morgan fingerprint density at radius 1 is 1.17 bits per heavy atom. The van der Waals surface area contributed by atoms with Crippen molar-refractivity contribution in [3.8, 4) is 0 Å². The average molecular weight is 398 g/mol. The first-order valence-corrected chi connectivity index (χ1v) is 1.41. The Bertz CT molecular complexity index is 13.5. The zero-order valence-electron chi connectivity index (χ0n) is 3.58. The van der Waals surface area contributed by atoms with Crippen LogP contribution in [0.3, 0.4) is 0 Å². The first kappa shape index (κ1) is 15.8. The fourth-order valence-corrected chi connectivity index (χ4v) is 0. The van der Waals surface area contributed by atoms with Gasteiger partial charge in [0.1, 0.15) is 0 Å². The summed E-state index contributed by atoms with van der Waals surface area (Å²) in [5, 5.41) is 8.06. The summed E-state index contributed by atoms with van der Waals surface area (Å²) in [6.45, 7) is 3.44. The van der Waals surface area contributed by atoms with Gasteiger partial charge in [0.15, 0.2) is 0 Å². The van der Waals surface area contributed by atoms with Crippen LogP contribution >= 0.6 is 0 Å². The van der Waals surface area contributed by atoms with Crippen molar-refractivity contribution in [1.82, 2.24) is 0 Å². The number of aliphatic hydroxyl groups is 1. The fraction of sp³-hybridized carbons (Fsp3) is 1.00. The van der Waals surface area contributed by atoms with E-state index in [9.17, 15) is 0 Å². The Morgan fingerprint density at radius 3 is 1.17 bits per heavy atom. The van der Waals surface area contributed by atoms with Crippen LogP contribution in [-0.2, 0) is 0 Å². The van der Waals surface area contributed by atoms with Crippen molar-refractivity contribution in [2.75, 3.05) is 0 Å². The Morgan fingerprint density at radius 2 is 1.17 bits per heavy atom. The fourth-order valence-electron chi connectivity index (χ4n) is 0. The molecule has 0 saturated heterocycles. The Balaban J connectivity index is -0.0000000450. The zero-order valence-corrected chi connectivity index (χ0v) is 7.14. The summed E-state index contributed by atoms with van der Waals surface area (Å²) in [4.78, 5) is 0. The summed E-state index contributed by atoms with van der Waals surface area (Å²) in [5.41, 5.74) is 0. The molecule has 0 aromatic heterocycles. The molecular weight excluding hydrogens is 390 g/mol. The van der Waals surface area contributed by atoms with Gasteiger partial charge >= 0.3 is 0 Å². The molecule has 0 atom stereocenters. The minimum Gasteiger partial charge on any atom is -0.394 e. The van der Waals surface area contributed by atoms with Crippen molar-refractivity contribution >= 4 is 0 Å². The normalized spacial score (nSPS) is 6.00. The maximum Gasteiger partial charge on any atom is 0.0483 e. The minimum absolute atomic E-state index is 0. The van der Waals surface area contributed by atoms with Crippen molar-refractivity contribution in [2.24, 2.45) is 0 Å². The van der Waals surface area contributed by atoms with Gasteiger partial charge in [-0.25, -0.2) is 0 Å². The third kappa shape index (κ3) is 32.1. The molecule has 1 nitrogen and oxygen atoms in total. The number of aliphatic hydroxyl groups excluding tert-OH is 1. The monoisotopic (exact) mass is 398 g/mol. The molecular formula is C3H8OTm2. The van der Waals surface area contributed by atoms with Crippen LogP contribution in [0.15, 0.2) is 0 Å². The second kappa shape index (κ2) is 10.4. The molecule has 1 N–H and O–H groups in total. The van der Waals surface area contributed by atoms with Crippen molar-refractivity contribution < 1.29 is 78.9 Å². The molecule has 2 radical (unpaired) electrons. The maximum atomic E-state index is 8.06. The number of rotatable bonds is 0. The van der Waals surface area contributed by atoms with Gasteiger partial charge in [0.05, 0.1) is 0 Å². The van der Waals surface area contributed by atoms with Crippen molar-refractivity contribution in [2.45, 2.75) is 20.0 Å². The largest absolute Gasteiger partial charge is 0.394 e. The van der Waals surface area contributed by atoms with Gasteiger partial charge in [-0.3, -0.25) is 0 Å². The van der Waals surface area contributed by atoms with E-state index in [0.29, 0.717) is 0 Å². The van der Waals surface area contributed by atoms with Gasteiger partial charge in [0.25, 0.3) is 0 Å². The molecule has 0 spiro atoms. The first-order valence-electron chi connectivity index (χ1n) is 1.41. The quantitative estimate of drug-likeness (QED) is 0.627. The van der Waals surface area contributed by atoms with Crippen molar-refractivity contribution in [1.29, 1.82) is 0 Å². The second-order valence-corrected chi connectivity index (χ2v) is 1.09. The molecule has 0 aromatic carbocycles. The topological polar surface area (TPSA) is 20.2 Å². The van der Waals surface area contributed by atoms with Crippen LogP contribution < -0.4 is 0 Å². The molecule has 0 bridgehead atoms. The molecule has 0 heterocycles. The first-order chi connectivity index (χ1) is 1.73. The summed E-state index contributed by atoms with van der Waals surface area (Å²) in [7, 11) is 0. The van der Waals surface area contributed by atoms with Crippen LogP contribution in [0.25, 0.3) is 0 Å². The Labute approximate surface area is 96.9 Å². The molecule has 0 saturated carbocycles. The zero-order chi connectivity index (χ0) is 3.58. The van der Waals surface area contributed by atoms with Crippen LogP contribution in [0.1, 0.15) is 13.8 Å². The van der Waals surface area contributed by atoms with E-state index in [-0.39, 0.29) is 79.9 Å². The van der Waals surface area contributed by atoms with E-state index < -0.39 is 0 Å². The van der Waals surface area contributed by atoms with Crippen LogP contribution in [0.2, 0.25) is 0 Å². The van der Waals surface area contributed by atoms with Gasteiger partial charge < -0.3 is 5.11 Å². The summed E-state index contributed by atoms with van der Waals surface area (Å²) in [5.74, 6) is 0. The molecule has 0 aliphatic carbocycles. The van der Waals surface area contributed by atoms with Gasteiger partial charge in [0, 0.05) is 79.9 Å². The molecule has 0 aliphatic heterocycles. The summed E-state index contributed by atoms with van der Waals surface area (Å²) < 4.78 is 0. The molecule has 52 valence electrons. The van der Waals surface area contributed by atoms with Crippen LogP contribution in [0, 0.1) is 73.7 Å². The van der Waals surface area contributed by atoms with Crippen LogP contribution in [-0.4, -0.2) is 11.2 Å². The minimum atomic E-state index is -0.167. The molecule has 0 aromatic rings. The second-order valence-electron chi connectivity index (χ2n) is 1.09. The van der Waals surface area contributed by atoms with E-state index in [4.69, 9.17) is 5.11 Å². The average Bonchev–Trinajstić information content (AvgIpc) is 0.811. The number of hydrogen-bond acceptors (Lipinski definition) is 1. The SMILES string of the molecule is CC(C)O.[Tm].[Tm]. The predicted octanol–water partition coefficient (Wildman–Crippen LogP) is 0.387. The van der Waals surface area contributed by atoms with Crippen molar-refractivity contribution in [3.63, 3.8) is 0 Å². The molecule has 0 unspecified atom stereocenters. The van der Waals surface area contributed by atoms with E-state index in [2.05, 4.69) is 0 Å². The summed E-state index contributed by atoms with van der Waals surface area (Å²) in [6, 6.07) is 0. The van der Waals surface area contributed by atoms with Gasteiger partial charge in [-0.05, 0) is 13.8 Å². The van der Waals surface area contributed by atoms with Gasteiger partial charge in [-0.2, -0.15) is 0 Å². The smallest absolute Gasteiger partial charge is 0.0483 e. The molecule has 3 heteroatoms. The van der Waals surface area contributed by atoms with Gasteiger partial charge in [-0.15, -0.1) is 0 Å². The van der Waals surface area contributed by atoms with Crippen LogP contribution in [0.5, 0.6) is 0 Å². The molecule has 0 amide bonds. The third-order valence-electron chi connectivity index (χ3n) is 0. The van der Waals surface area contributed by atoms with Crippen molar-refractivity contribution in [3.05, 3.63) is 0 Å². The molecule has 6 heavy (non-hydrogen) atoms. The van der Waals surface area contributed by atoms with Gasteiger partial charge in [0.2, 0.25) is 0 Å². The molecule has 0 aliphatic rings. The molecule has 0 fully saturated rings. The standard InChI is InChI=1S/C3H8O.2Tm/c1-3(2)4;;/h3-4H,1-2H3;;. The van der Waals surface area contributed by atoms with E-state index >= 15 is 0 Å². The maximum absolute atomic E-state index is 8.06. The predicted molar refractivity (Wildman–Crippen MR) is 17.4 cm³/mol. The number of hydrogen-bond donors (Lipinski definition) is 1. The summed E-state index contributed by atoms with van der Waals surface area (Å²) >= 11 is 0. The van der Waals surface area contributed by atoms with Gasteiger partial charge in [-0.1, -0.05) is 0 Å². The van der Waals surface area contributed by atoms with E-state index in [1.165, 1.54) is 0 Å². The van der Waals surface area contributed by atoms with E-state index in [0.717, 1.165) is 0 Å². The third-order valence-corrected chi connectivity index (χ3v) is 0. The van der Waals surface area contributed by atoms with E-state index in [1.807, 2.05) is 0 Å². The van der Waals surface area contributed by atoms with E-state index in [1.54, 1.807) is 13.8 Å². The Hall–Kier alpha value is 2.43. The molecule has 0 rings (SSSR count). The summed E-state index contributed by atoms with van der Waals surface area (Å²) in [6.07, 6.45) is -0.167. The Kier molecular flexibility index (Phi) is 27.4.